The molecule has 0 spiro atoms. The lowest BCUT2D eigenvalue weighted by molar-refractivity contribution is 0.509. The van der Waals surface area contributed by atoms with Crippen molar-refractivity contribution in [3.8, 4) is 0 Å². The molecule has 2 atom stereocenters. The second kappa shape index (κ2) is 4.38. The smallest absolute Gasteiger partial charge is 0.00903 e. The molecule has 0 bridgehead atoms. The van der Waals surface area contributed by atoms with Gasteiger partial charge in [0.1, 0.15) is 0 Å². The molecule has 0 N–H and O–H groups in total. The minimum atomic E-state index is 0.565. The molecule has 94 valence electrons. The van der Waals surface area contributed by atoms with E-state index in [2.05, 4.69) is 60.7 Å². The summed E-state index contributed by atoms with van der Waals surface area (Å²) in [6, 6.07) is 17.8. The molecule has 2 aromatic rings. The Labute approximate surface area is 114 Å². The zero-order valence-corrected chi connectivity index (χ0v) is 11.0. The van der Waals surface area contributed by atoms with Crippen molar-refractivity contribution in [3.63, 3.8) is 0 Å². The summed E-state index contributed by atoms with van der Waals surface area (Å²) in [5, 5.41) is 0. The van der Waals surface area contributed by atoms with Crippen LogP contribution < -0.4 is 0 Å². The lowest BCUT2D eigenvalue weighted by Gasteiger charge is -2.35. The first-order chi connectivity index (χ1) is 9.43. The first-order valence-corrected chi connectivity index (χ1v) is 7.28. The van der Waals surface area contributed by atoms with Gasteiger partial charge in [0, 0.05) is 5.92 Å². The number of benzene rings is 2. The largest absolute Gasteiger partial charge is 0.0758 e. The van der Waals surface area contributed by atoms with E-state index < -0.39 is 0 Å². The van der Waals surface area contributed by atoms with Crippen LogP contribution in [0.15, 0.2) is 54.6 Å². The van der Waals surface area contributed by atoms with Crippen molar-refractivity contribution >= 4 is 6.08 Å². The predicted octanol–water partition coefficient (Wildman–Crippen LogP) is 4.92. The van der Waals surface area contributed by atoms with Gasteiger partial charge in [0.05, 0.1) is 0 Å². The molecule has 0 saturated carbocycles. The summed E-state index contributed by atoms with van der Waals surface area (Å²) in [6.45, 7) is 0. The summed E-state index contributed by atoms with van der Waals surface area (Å²) < 4.78 is 0. The number of rotatable bonds is 1. The Bertz CT molecular complexity index is 622. The molecule has 0 aromatic heterocycles. The summed E-state index contributed by atoms with van der Waals surface area (Å²) in [7, 11) is 0. The topological polar surface area (TPSA) is 0 Å². The fraction of sp³-hybridized carbons (Fsp3) is 0.263. The standard InChI is InChI=1S/C19H18/c1-2-6-14(7-3-1)17-13-12-16-9-4-8-15-10-5-11-18(17)19(15)16/h1-4,6-9,12-13,17-18H,5,10-11H2. The molecular weight excluding hydrogens is 228 g/mol. The SMILES string of the molecule is C1=CC(c2ccccc2)C2CCCc3cccc1c32. The minimum Gasteiger partial charge on any atom is -0.0758 e. The van der Waals surface area contributed by atoms with Crippen LogP contribution in [0.25, 0.3) is 6.08 Å². The molecule has 0 nitrogen and oxygen atoms in total. The van der Waals surface area contributed by atoms with E-state index in [1.807, 2.05) is 0 Å². The van der Waals surface area contributed by atoms with Crippen molar-refractivity contribution in [1.29, 1.82) is 0 Å². The molecule has 19 heavy (non-hydrogen) atoms. The van der Waals surface area contributed by atoms with Crippen molar-refractivity contribution in [1.82, 2.24) is 0 Å². The maximum Gasteiger partial charge on any atom is 0.00903 e. The Balaban J connectivity index is 1.85. The lowest BCUT2D eigenvalue weighted by Crippen LogP contribution is -2.19. The van der Waals surface area contributed by atoms with Gasteiger partial charge in [0.25, 0.3) is 0 Å². The van der Waals surface area contributed by atoms with E-state index in [9.17, 15) is 0 Å². The third-order valence-corrected chi connectivity index (χ3v) is 4.66. The molecule has 0 saturated heterocycles. The van der Waals surface area contributed by atoms with E-state index in [1.165, 1.54) is 30.4 Å². The molecule has 2 aromatic carbocycles. The molecule has 0 amide bonds. The van der Waals surface area contributed by atoms with Crippen LogP contribution in [0.3, 0.4) is 0 Å². The number of hydrogen-bond donors (Lipinski definition) is 0. The van der Waals surface area contributed by atoms with E-state index >= 15 is 0 Å². The van der Waals surface area contributed by atoms with Crippen LogP contribution in [-0.2, 0) is 6.42 Å². The van der Waals surface area contributed by atoms with Crippen molar-refractivity contribution in [2.75, 3.05) is 0 Å². The molecule has 0 radical (unpaired) electrons. The Morgan fingerprint density at radius 1 is 0.895 bits per heavy atom. The molecule has 2 unspecified atom stereocenters. The van der Waals surface area contributed by atoms with Gasteiger partial charge >= 0.3 is 0 Å². The van der Waals surface area contributed by atoms with Gasteiger partial charge in [0.15, 0.2) is 0 Å². The Kier molecular flexibility index (Phi) is 2.55. The van der Waals surface area contributed by atoms with Crippen LogP contribution in [0, 0.1) is 0 Å². The van der Waals surface area contributed by atoms with E-state index in [1.54, 1.807) is 11.1 Å². The summed E-state index contributed by atoms with van der Waals surface area (Å²) in [4.78, 5) is 0. The van der Waals surface area contributed by atoms with Crippen LogP contribution in [0.1, 0.15) is 46.9 Å². The monoisotopic (exact) mass is 246 g/mol. The fourth-order valence-corrected chi connectivity index (χ4v) is 3.82. The summed E-state index contributed by atoms with van der Waals surface area (Å²) in [5.74, 6) is 1.25. The highest BCUT2D eigenvalue weighted by atomic mass is 14.3. The maximum absolute atomic E-state index is 2.41. The molecular formula is C19H18. The van der Waals surface area contributed by atoms with Crippen LogP contribution >= 0.6 is 0 Å². The van der Waals surface area contributed by atoms with Gasteiger partial charge in [-0.1, -0.05) is 60.7 Å². The Morgan fingerprint density at radius 3 is 2.68 bits per heavy atom. The molecule has 2 aliphatic carbocycles. The average molecular weight is 246 g/mol. The molecule has 2 aliphatic rings. The van der Waals surface area contributed by atoms with Crippen LogP contribution in [0.2, 0.25) is 0 Å². The van der Waals surface area contributed by atoms with Crippen molar-refractivity contribution < 1.29 is 0 Å². The first kappa shape index (κ1) is 11.0. The van der Waals surface area contributed by atoms with E-state index in [-0.39, 0.29) is 0 Å². The highest BCUT2D eigenvalue weighted by Gasteiger charge is 2.31. The zero-order chi connectivity index (χ0) is 12.7. The molecule has 0 heterocycles. The van der Waals surface area contributed by atoms with Crippen molar-refractivity contribution in [2.45, 2.75) is 31.1 Å². The lowest BCUT2D eigenvalue weighted by atomic mass is 9.69. The second-order valence-corrected chi connectivity index (χ2v) is 5.71. The van der Waals surface area contributed by atoms with Gasteiger partial charge in [-0.3, -0.25) is 0 Å². The number of hydrogen-bond acceptors (Lipinski definition) is 0. The normalized spacial score (nSPS) is 24.0. The van der Waals surface area contributed by atoms with Gasteiger partial charge in [-0.15, -0.1) is 0 Å². The third kappa shape index (κ3) is 1.74. The van der Waals surface area contributed by atoms with Gasteiger partial charge < -0.3 is 0 Å². The third-order valence-electron chi connectivity index (χ3n) is 4.66. The van der Waals surface area contributed by atoms with Gasteiger partial charge in [-0.2, -0.15) is 0 Å². The number of allylic oxidation sites excluding steroid dienone is 1. The van der Waals surface area contributed by atoms with Crippen molar-refractivity contribution in [2.24, 2.45) is 0 Å². The van der Waals surface area contributed by atoms with Gasteiger partial charge in [-0.05, 0) is 47.4 Å². The summed E-state index contributed by atoms with van der Waals surface area (Å²) >= 11 is 0. The summed E-state index contributed by atoms with van der Waals surface area (Å²) in [5.41, 5.74) is 6.13. The van der Waals surface area contributed by atoms with Gasteiger partial charge in [-0.25, -0.2) is 0 Å². The van der Waals surface area contributed by atoms with Crippen LogP contribution in [-0.4, -0.2) is 0 Å². The second-order valence-electron chi connectivity index (χ2n) is 5.71. The Morgan fingerprint density at radius 2 is 1.79 bits per heavy atom. The highest BCUT2D eigenvalue weighted by Crippen LogP contribution is 2.47. The highest BCUT2D eigenvalue weighted by molar-refractivity contribution is 5.63. The van der Waals surface area contributed by atoms with E-state index in [0.29, 0.717) is 11.8 Å². The van der Waals surface area contributed by atoms with E-state index in [4.69, 9.17) is 0 Å². The number of aryl methyl sites for hydroxylation is 1. The minimum absolute atomic E-state index is 0.565. The van der Waals surface area contributed by atoms with E-state index in [0.717, 1.165) is 0 Å². The Hall–Kier alpha value is -1.82. The van der Waals surface area contributed by atoms with Crippen LogP contribution in [0.5, 0.6) is 0 Å². The maximum atomic E-state index is 2.41. The quantitative estimate of drug-likeness (QED) is 0.670. The van der Waals surface area contributed by atoms with Gasteiger partial charge in [0.2, 0.25) is 0 Å². The molecule has 0 aliphatic heterocycles. The first-order valence-electron chi connectivity index (χ1n) is 7.28. The van der Waals surface area contributed by atoms with Crippen LogP contribution in [0.4, 0.5) is 0 Å². The molecule has 0 heteroatoms. The predicted molar refractivity (Wildman–Crippen MR) is 80.3 cm³/mol. The van der Waals surface area contributed by atoms with Crippen molar-refractivity contribution in [3.05, 3.63) is 76.9 Å². The summed E-state index contributed by atoms with van der Waals surface area (Å²) in [6.07, 6.45) is 8.66. The molecule has 4 rings (SSSR count). The average Bonchev–Trinajstić information content (AvgIpc) is 2.49. The fourth-order valence-electron chi connectivity index (χ4n) is 3.82. The molecule has 0 fully saturated rings. The zero-order valence-electron chi connectivity index (χ0n) is 11.0.